The number of nitrogens with one attached hydrogen (secondary N) is 1. The van der Waals surface area contributed by atoms with E-state index in [1.165, 1.54) is 37.2 Å². The minimum Gasteiger partial charge on any atom is -0.484 e. The second-order valence-corrected chi connectivity index (χ2v) is 6.98. The highest BCUT2D eigenvalue weighted by Crippen LogP contribution is 2.48. The summed E-state index contributed by atoms with van der Waals surface area (Å²) >= 11 is 1.41. The third-order valence-corrected chi connectivity index (χ3v) is 5.24. The fourth-order valence-electron chi connectivity index (χ4n) is 3.61. The molecule has 2 aliphatic carbocycles. The van der Waals surface area contributed by atoms with Crippen molar-refractivity contribution in [1.82, 2.24) is 4.37 Å². The van der Waals surface area contributed by atoms with Crippen molar-refractivity contribution >= 4 is 22.4 Å². The van der Waals surface area contributed by atoms with Crippen molar-refractivity contribution in [2.24, 2.45) is 17.8 Å². The molecule has 0 radical (unpaired) electrons. The van der Waals surface area contributed by atoms with Crippen LogP contribution in [0.15, 0.2) is 0 Å². The summed E-state index contributed by atoms with van der Waals surface area (Å²) in [7, 11) is 0. The molecule has 2 saturated carbocycles. The van der Waals surface area contributed by atoms with Crippen molar-refractivity contribution in [3.05, 3.63) is 0 Å². The van der Waals surface area contributed by atoms with Gasteiger partial charge in [-0.15, -0.1) is 0 Å². The van der Waals surface area contributed by atoms with E-state index in [2.05, 4.69) is 9.69 Å². The number of rotatable bonds is 5. The van der Waals surface area contributed by atoms with Gasteiger partial charge in [-0.05, 0) is 62.4 Å². The highest BCUT2D eigenvalue weighted by atomic mass is 32.1. The Labute approximate surface area is 118 Å². The van der Waals surface area contributed by atoms with Crippen LogP contribution in [0, 0.1) is 17.8 Å². The molecular weight excluding hydrogens is 258 g/mol. The summed E-state index contributed by atoms with van der Waals surface area (Å²) in [4.78, 5) is 0. The van der Waals surface area contributed by atoms with E-state index in [1.54, 1.807) is 0 Å². The van der Waals surface area contributed by atoms with Crippen LogP contribution in [0.3, 0.4) is 0 Å². The number of anilines is 2. The van der Waals surface area contributed by atoms with Crippen LogP contribution in [0.2, 0.25) is 0 Å². The first kappa shape index (κ1) is 13.0. The first-order valence-electron chi connectivity index (χ1n) is 7.29. The maximum absolute atomic E-state index is 5.87. The van der Waals surface area contributed by atoms with Crippen LogP contribution in [0.1, 0.15) is 39.5 Å². The number of nitrogens with zero attached hydrogens (tertiary/aromatic N) is 1. The topological polar surface area (TPSA) is 60.2 Å². The predicted molar refractivity (Wildman–Crippen MR) is 79.7 cm³/mol. The van der Waals surface area contributed by atoms with Gasteiger partial charge in [-0.1, -0.05) is 6.42 Å². The van der Waals surface area contributed by atoms with Crippen LogP contribution in [0.4, 0.5) is 10.8 Å². The standard InChI is InChI=1S/C14H23N3OS/c1-8(2)18-12-13(15)17-19-14(12)16-7-11-6-9-3-4-10(11)5-9/h8-11,16H,3-7H2,1-2H3,(H2,15,17). The summed E-state index contributed by atoms with van der Waals surface area (Å²) < 4.78 is 9.95. The number of ether oxygens (including phenoxy) is 1. The number of hydrogen-bond donors (Lipinski definition) is 2. The third-order valence-electron chi connectivity index (χ3n) is 4.44. The Kier molecular flexibility index (Phi) is 3.56. The second-order valence-electron chi connectivity index (χ2n) is 6.21. The van der Waals surface area contributed by atoms with Crippen LogP contribution in [-0.4, -0.2) is 17.0 Å². The molecule has 4 nitrogen and oxygen atoms in total. The van der Waals surface area contributed by atoms with Gasteiger partial charge >= 0.3 is 0 Å². The van der Waals surface area contributed by atoms with Crippen molar-refractivity contribution in [3.8, 4) is 5.75 Å². The van der Waals surface area contributed by atoms with Crippen molar-refractivity contribution in [2.75, 3.05) is 17.6 Å². The molecule has 0 amide bonds. The summed E-state index contributed by atoms with van der Waals surface area (Å²) in [6.45, 7) is 5.06. The molecule has 0 saturated heterocycles. The Morgan fingerprint density at radius 2 is 2.26 bits per heavy atom. The third kappa shape index (κ3) is 2.66. The maximum atomic E-state index is 5.87. The van der Waals surface area contributed by atoms with E-state index >= 15 is 0 Å². The Balaban J connectivity index is 1.60. The minimum atomic E-state index is 0.127. The largest absolute Gasteiger partial charge is 0.484 e. The van der Waals surface area contributed by atoms with Gasteiger partial charge in [0.2, 0.25) is 0 Å². The Morgan fingerprint density at radius 3 is 2.89 bits per heavy atom. The van der Waals surface area contributed by atoms with E-state index in [0.29, 0.717) is 5.82 Å². The molecule has 0 spiro atoms. The van der Waals surface area contributed by atoms with Gasteiger partial charge in [0.25, 0.3) is 0 Å². The van der Waals surface area contributed by atoms with Crippen molar-refractivity contribution < 1.29 is 4.74 Å². The molecule has 2 aliphatic rings. The van der Waals surface area contributed by atoms with Crippen molar-refractivity contribution in [2.45, 2.75) is 45.6 Å². The van der Waals surface area contributed by atoms with Crippen molar-refractivity contribution in [3.63, 3.8) is 0 Å². The average molecular weight is 281 g/mol. The van der Waals surface area contributed by atoms with Gasteiger partial charge in [0.15, 0.2) is 16.6 Å². The first-order chi connectivity index (χ1) is 9.13. The normalized spacial score (nSPS) is 29.1. The predicted octanol–water partition coefficient (Wildman–Crippen LogP) is 3.36. The Hall–Kier alpha value is -0.970. The zero-order valence-corrected chi connectivity index (χ0v) is 12.5. The fourth-order valence-corrected chi connectivity index (χ4v) is 4.26. The molecule has 3 rings (SSSR count). The Bertz CT molecular complexity index is 446. The molecule has 106 valence electrons. The zero-order chi connectivity index (χ0) is 13.4. The van der Waals surface area contributed by atoms with Crippen LogP contribution in [0.25, 0.3) is 0 Å². The summed E-state index contributed by atoms with van der Waals surface area (Å²) in [5.74, 6) is 4.01. The monoisotopic (exact) mass is 281 g/mol. The van der Waals surface area contributed by atoms with E-state index in [9.17, 15) is 0 Å². The molecule has 1 aromatic heterocycles. The summed E-state index contributed by atoms with van der Waals surface area (Å²) in [6, 6.07) is 0. The maximum Gasteiger partial charge on any atom is 0.197 e. The first-order valence-corrected chi connectivity index (χ1v) is 8.06. The molecule has 19 heavy (non-hydrogen) atoms. The van der Waals surface area contributed by atoms with Crippen molar-refractivity contribution in [1.29, 1.82) is 0 Å². The SMILES string of the molecule is CC(C)Oc1c(N)nsc1NCC1CC2CCC1C2. The lowest BCUT2D eigenvalue weighted by Gasteiger charge is -2.22. The van der Waals surface area contributed by atoms with E-state index in [-0.39, 0.29) is 6.10 Å². The lowest BCUT2D eigenvalue weighted by Crippen LogP contribution is -2.20. The molecule has 2 bridgehead atoms. The highest BCUT2D eigenvalue weighted by molar-refractivity contribution is 7.11. The van der Waals surface area contributed by atoms with Crippen LogP contribution >= 0.6 is 11.5 Å². The number of nitrogens with two attached hydrogens (primary N) is 1. The summed E-state index contributed by atoms with van der Waals surface area (Å²) in [6.07, 6.45) is 5.86. The molecule has 3 N–H and O–H groups in total. The van der Waals surface area contributed by atoms with Gasteiger partial charge in [-0.2, -0.15) is 4.37 Å². The van der Waals surface area contributed by atoms with Gasteiger partial charge in [0.1, 0.15) is 0 Å². The van der Waals surface area contributed by atoms with Gasteiger partial charge in [-0.25, -0.2) is 0 Å². The molecule has 3 atom stereocenters. The second kappa shape index (κ2) is 5.19. The highest BCUT2D eigenvalue weighted by Gasteiger charge is 2.39. The molecule has 1 heterocycles. The van der Waals surface area contributed by atoms with Gasteiger partial charge < -0.3 is 15.8 Å². The summed E-state index contributed by atoms with van der Waals surface area (Å²) in [5, 5.41) is 4.51. The molecular formula is C14H23N3OS. The van der Waals surface area contributed by atoms with E-state index in [4.69, 9.17) is 10.5 Å². The number of hydrogen-bond acceptors (Lipinski definition) is 5. The minimum absolute atomic E-state index is 0.127. The summed E-state index contributed by atoms with van der Waals surface area (Å²) in [5.41, 5.74) is 5.87. The van der Waals surface area contributed by atoms with E-state index < -0.39 is 0 Å². The smallest absolute Gasteiger partial charge is 0.197 e. The van der Waals surface area contributed by atoms with Crippen LogP contribution in [0.5, 0.6) is 5.75 Å². The van der Waals surface area contributed by atoms with Crippen LogP contribution < -0.4 is 15.8 Å². The fraction of sp³-hybridized carbons (Fsp3) is 0.786. The average Bonchev–Trinajstić information content (AvgIpc) is 3.04. The number of fused-ring (bicyclic) bond motifs is 2. The van der Waals surface area contributed by atoms with E-state index in [0.717, 1.165) is 35.0 Å². The molecule has 2 fully saturated rings. The zero-order valence-electron chi connectivity index (χ0n) is 11.7. The van der Waals surface area contributed by atoms with Gasteiger partial charge in [-0.3, -0.25) is 0 Å². The van der Waals surface area contributed by atoms with Gasteiger partial charge in [0.05, 0.1) is 6.10 Å². The van der Waals surface area contributed by atoms with E-state index in [1.807, 2.05) is 13.8 Å². The van der Waals surface area contributed by atoms with Gasteiger partial charge in [0, 0.05) is 6.54 Å². The lowest BCUT2D eigenvalue weighted by atomic mass is 9.89. The molecule has 0 aliphatic heterocycles. The molecule has 5 heteroatoms. The quantitative estimate of drug-likeness (QED) is 0.869. The molecule has 0 aromatic carbocycles. The molecule has 1 aromatic rings. The Morgan fingerprint density at radius 1 is 1.42 bits per heavy atom. The number of aromatic nitrogens is 1. The number of nitrogen functional groups attached to an aromatic ring is 1. The lowest BCUT2D eigenvalue weighted by molar-refractivity contribution is 0.245. The molecule has 3 unspecified atom stereocenters. The van der Waals surface area contributed by atoms with Crippen LogP contribution in [-0.2, 0) is 0 Å².